The fourth-order valence-electron chi connectivity index (χ4n) is 4.42. The van der Waals surface area contributed by atoms with E-state index in [1.807, 2.05) is 0 Å². The molecule has 0 saturated carbocycles. The summed E-state index contributed by atoms with van der Waals surface area (Å²) in [6.07, 6.45) is 6.64. The minimum Gasteiger partial charge on any atom is -0.329 e. The summed E-state index contributed by atoms with van der Waals surface area (Å²) in [5.41, 5.74) is 6.51. The monoisotopic (exact) mass is 266 g/mol. The Labute approximate surface area is 117 Å². The molecule has 0 amide bonds. The topological polar surface area (TPSA) is 35.7 Å². The molecule has 0 radical (unpaired) electrons. The van der Waals surface area contributed by atoms with Gasteiger partial charge in [0.25, 0.3) is 0 Å². The molecule has 2 bridgehead atoms. The molecule has 3 fully saturated rings. The first-order valence-electron chi connectivity index (χ1n) is 8.00. The van der Waals surface area contributed by atoms with Crippen LogP contribution in [0.3, 0.4) is 0 Å². The minimum atomic E-state index is 0.290. The van der Waals surface area contributed by atoms with Gasteiger partial charge in [0.05, 0.1) is 0 Å². The van der Waals surface area contributed by atoms with Crippen LogP contribution in [-0.4, -0.2) is 79.1 Å². The van der Waals surface area contributed by atoms with Crippen LogP contribution in [0.1, 0.15) is 32.1 Å². The molecule has 3 rings (SSSR count). The molecule has 2 atom stereocenters. The molecule has 2 unspecified atom stereocenters. The molecule has 2 N–H and O–H groups in total. The van der Waals surface area contributed by atoms with Crippen LogP contribution in [0.2, 0.25) is 0 Å². The molecule has 0 aromatic carbocycles. The van der Waals surface area contributed by atoms with Crippen LogP contribution >= 0.6 is 0 Å². The molecule has 3 aliphatic rings. The van der Waals surface area contributed by atoms with E-state index in [-0.39, 0.29) is 5.54 Å². The third-order valence-electron chi connectivity index (χ3n) is 6.12. The van der Waals surface area contributed by atoms with Gasteiger partial charge in [-0.2, -0.15) is 0 Å². The lowest BCUT2D eigenvalue weighted by atomic mass is 9.84. The highest BCUT2D eigenvalue weighted by molar-refractivity contribution is 5.01. The Hall–Kier alpha value is -0.160. The van der Waals surface area contributed by atoms with Crippen molar-refractivity contribution < 1.29 is 0 Å². The number of nitrogens with zero attached hydrogens (tertiary/aromatic N) is 3. The van der Waals surface area contributed by atoms with E-state index in [9.17, 15) is 0 Å². The predicted octanol–water partition coefficient (Wildman–Crippen LogP) is 0.578. The van der Waals surface area contributed by atoms with Crippen molar-refractivity contribution in [1.29, 1.82) is 0 Å². The fraction of sp³-hybridized carbons (Fsp3) is 1.00. The van der Waals surface area contributed by atoms with Gasteiger partial charge >= 0.3 is 0 Å². The van der Waals surface area contributed by atoms with E-state index in [1.165, 1.54) is 58.3 Å². The number of likely N-dealkylation sites (tertiary alicyclic amines) is 2. The number of fused-ring (bicyclic) bond motifs is 2. The maximum atomic E-state index is 6.22. The lowest BCUT2D eigenvalue weighted by Crippen LogP contribution is -2.60. The smallest absolute Gasteiger partial charge is 0.0356 e. The van der Waals surface area contributed by atoms with Crippen molar-refractivity contribution in [3.63, 3.8) is 0 Å². The van der Waals surface area contributed by atoms with Crippen molar-refractivity contribution in [2.45, 2.75) is 49.7 Å². The van der Waals surface area contributed by atoms with E-state index in [1.54, 1.807) is 0 Å². The molecule has 3 aliphatic heterocycles. The normalized spacial score (nSPS) is 37.4. The molecule has 0 spiro atoms. The van der Waals surface area contributed by atoms with E-state index in [4.69, 9.17) is 5.73 Å². The second-order valence-corrected chi connectivity index (χ2v) is 7.02. The van der Waals surface area contributed by atoms with Gasteiger partial charge in [0.1, 0.15) is 0 Å². The number of rotatable bonds is 2. The second-order valence-electron chi connectivity index (χ2n) is 7.02. The summed E-state index contributed by atoms with van der Waals surface area (Å²) in [6, 6.07) is 1.60. The summed E-state index contributed by atoms with van der Waals surface area (Å²) >= 11 is 0. The first kappa shape index (κ1) is 13.8. The largest absolute Gasteiger partial charge is 0.329 e. The second kappa shape index (κ2) is 5.32. The van der Waals surface area contributed by atoms with Gasteiger partial charge in [-0.15, -0.1) is 0 Å². The number of likely N-dealkylation sites (N-methyl/N-ethyl adjacent to an activating group) is 1. The molecule has 0 aliphatic carbocycles. The van der Waals surface area contributed by atoms with Gasteiger partial charge in [-0.3, -0.25) is 9.80 Å². The first-order chi connectivity index (χ1) is 9.14. The quantitative estimate of drug-likeness (QED) is 0.793. The van der Waals surface area contributed by atoms with E-state index in [0.29, 0.717) is 0 Å². The van der Waals surface area contributed by atoms with Crippen molar-refractivity contribution in [3.8, 4) is 0 Å². The van der Waals surface area contributed by atoms with Crippen LogP contribution in [0, 0.1) is 0 Å². The van der Waals surface area contributed by atoms with E-state index in [2.05, 4.69) is 28.8 Å². The van der Waals surface area contributed by atoms with Gasteiger partial charge < -0.3 is 10.6 Å². The van der Waals surface area contributed by atoms with Crippen molar-refractivity contribution >= 4 is 0 Å². The average molecular weight is 266 g/mol. The molecule has 110 valence electrons. The Morgan fingerprint density at radius 3 is 2.37 bits per heavy atom. The number of hydrogen-bond acceptors (Lipinski definition) is 4. The zero-order valence-electron chi connectivity index (χ0n) is 12.6. The van der Waals surface area contributed by atoms with Crippen molar-refractivity contribution in [2.75, 3.05) is 46.8 Å². The average Bonchev–Trinajstić information content (AvgIpc) is 2.65. The van der Waals surface area contributed by atoms with Gasteiger partial charge in [-0.05, 0) is 59.3 Å². The minimum absolute atomic E-state index is 0.290. The standard InChI is InChI=1S/C15H30N4/c1-17-9-6-15(12-16,7-10-17)19-8-5-13-3-4-14(11-19)18(13)2/h13-14H,3-12,16H2,1-2H3. The summed E-state index contributed by atoms with van der Waals surface area (Å²) in [7, 11) is 4.56. The number of piperidine rings is 1. The Morgan fingerprint density at radius 1 is 1.00 bits per heavy atom. The molecule has 0 aromatic heterocycles. The van der Waals surface area contributed by atoms with E-state index >= 15 is 0 Å². The molecule has 19 heavy (non-hydrogen) atoms. The Kier molecular flexibility index (Phi) is 3.87. The molecule has 4 heteroatoms. The van der Waals surface area contributed by atoms with Gasteiger partial charge in [0.2, 0.25) is 0 Å². The van der Waals surface area contributed by atoms with Crippen LogP contribution in [0.4, 0.5) is 0 Å². The first-order valence-corrected chi connectivity index (χ1v) is 8.00. The highest BCUT2D eigenvalue weighted by Gasteiger charge is 2.43. The molecule has 4 nitrogen and oxygen atoms in total. The maximum absolute atomic E-state index is 6.22. The zero-order chi connectivity index (χ0) is 13.5. The molecule has 3 saturated heterocycles. The van der Waals surface area contributed by atoms with Gasteiger partial charge in [0, 0.05) is 37.3 Å². The Morgan fingerprint density at radius 2 is 1.68 bits per heavy atom. The number of hydrogen-bond donors (Lipinski definition) is 1. The summed E-state index contributed by atoms with van der Waals surface area (Å²) in [5.74, 6) is 0. The van der Waals surface area contributed by atoms with Gasteiger partial charge in [-0.25, -0.2) is 0 Å². The number of nitrogens with two attached hydrogens (primary N) is 1. The van der Waals surface area contributed by atoms with Crippen molar-refractivity contribution in [3.05, 3.63) is 0 Å². The SMILES string of the molecule is CN1CCC(CN)(N2CCC3CCC(C2)N3C)CC1. The molecule has 0 aromatic rings. The highest BCUT2D eigenvalue weighted by Crippen LogP contribution is 2.35. The van der Waals surface area contributed by atoms with Gasteiger partial charge in [-0.1, -0.05) is 0 Å². The predicted molar refractivity (Wildman–Crippen MR) is 79.3 cm³/mol. The maximum Gasteiger partial charge on any atom is 0.0356 e. The third-order valence-corrected chi connectivity index (χ3v) is 6.12. The summed E-state index contributed by atoms with van der Waals surface area (Å²) < 4.78 is 0. The third kappa shape index (κ3) is 2.44. The zero-order valence-corrected chi connectivity index (χ0v) is 12.6. The van der Waals surface area contributed by atoms with Crippen LogP contribution in [0.5, 0.6) is 0 Å². The summed E-state index contributed by atoms with van der Waals surface area (Å²) in [6.45, 7) is 5.75. The summed E-state index contributed by atoms with van der Waals surface area (Å²) in [5, 5.41) is 0. The Bertz CT molecular complexity index is 311. The molecular weight excluding hydrogens is 236 g/mol. The van der Waals surface area contributed by atoms with Crippen molar-refractivity contribution in [1.82, 2.24) is 14.7 Å². The van der Waals surface area contributed by atoms with Crippen LogP contribution in [-0.2, 0) is 0 Å². The van der Waals surface area contributed by atoms with Crippen LogP contribution in [0.15, 0.2) is 0 Å². The highest BCUT2D eigenvalue weighted by atomic mass is 15.3. The molecular formula is C15H30N4. The summed E-state index contributed by atoms with van der Waals surface area (Å²) in [4.78, 5) is 7.85. The lowest BCUT2D eigenvalue weighted by Gasteiger charge is -2.48. The Balaban J connectivity index is 1.73. The molecule has 3 heterocycles. The van der Waals surface area contributed by atoms with Crippen molar-refractivity contribution in [2.24, 2.45) is 5.73 Å². The van der Waals surface area contributed by atoms with E-state index in [0.717, 1.165) is 18.6 Å². The van der Waals surface area contributed by atoms with Crippen LogP contribution < -0.4 is 5.73 Å². The van der Waals surface area contributed by atoms with Gasteiger partial charge in [0.15, 0.2) is 0 Å². The van der Waals surface area contributed by atoms with E-state index < -0.39 is 0 Å². The lowest BCUT2D eigenvalue weighted by molar-refractivity contribution is 0.0276. The van der Waals surface area contributed by atoms with Crippen LogP contribution in [0.25, 0.3) is 0 Å². The fourth-order valence-corrected chi connectivity index (χ4v) is 4.42.